The number of rotatable bonds is 3. The van der Waals surface area contributed by atoms with E-state index < -0.39 is 10.2 Å². The number of aliphatic hydroxyl groups excluding tert-OH is 1. The third-order valence-electron chi connectivity index (χ3n) is 2.37. The van der Waals surface area contributed by atoms with Gasteiger partial charge in [-0.15, -0.1) is 0 Å². The molecule has 1 aromatic carbocycles. The van der Waals surface area contributed by atoms with Crippen molar-refractivity contribution < 1.29 is 18.3 Å². The van der Waals surface area contributed by atoms with E-state index in [1.54, 1.807) is 31.4 Å². The van der Waals surface area contributed by atoms with Crippen LogP contribution in [0.25, 0.3) is 0 Å². The van der Waals surface area contributed by atoms with Gasteiger partial charge < -0.3 is 9.84 Å². The highest BCUT2D eigenvalue weighted by Crippen LogP contribution is 2.19. The Balaban J connectivity index is 2.18. The second-order valence-corrected chi connectivity index (χ2v) is 5.11. The summed E-state index contributed by atoms with van der Waals surface area (Å²) >= 11 is 0. The van der Waals surface area contributed by atoms with Crippen LogP contribution in [0.1, 0.15) is 5.56 Å². The van der Waals surface area contributed by atoms with Crippen molar-refractivity contribution in [3.63, 3.8) is 0 Å². The maximum atomic E-state index is 11.5. The summed E-state index contributed by atoms with van der Waals surface area (Å²) in [5, 5.41) is 9.41. The van der Waals surface area contributed by atoms with Crippen LogP contribution < -0.4 is 9.46 Å². The van der Waals surface area contributed by atoms with Gasteiger partial charge in [0.2, 0.25) is 5.88 Å². The number of ether oxygens (including phenoxy) is 1. The minimum Gasteiger partial charge on any atom is -0.497 e. The van der Waals surface area contributed by atoms with Gasteiger partial charge in [0.25, 0.3) is 0 Å². The molecule has 0 saturated heterocycles. The van der Waals surface area contributed by atoms with E-state index >= 15 is 0 Å². The minimum absolute atomic E-state index is 0.0711. The molecule has 2 rings (SSSR count). The molecule has 0 radical (unpaired) electrons. The lowest BCUT2D eigenvalue weighted by Crippen LogP contribution is -2.30. The zero-order valence-corrected chi connectivity index (χ0v) is 9.94. The van der Waals surface area contributed by atoms with E-state index in [0.717, 1.165) is 16.1 Å². The molecule has 0 atom stereocenters. The molecule has 0 unspecified atom stereocenters. The summed E-state index contributed by atoms with van der Waals surface area (Å²) in [4.78, 5) is 0. The molecule has 17 heavy (non-hydrogen) atoms. The van der Waals surface area contributed by atoms with Crippen LogP contribution in [0.15, 0.2) is 36.3 Å². The van der Waals surface area contributed by atoms with Crippen molar-refractivity contribution in [1.82, 2.24) is 9.03 Å². The van der Waals surface area contributed by atoms with Crippen LogP contribution in [-0.2, 0) is 16.8 Å². The van der Waals surface area contributed by atoms with Crippen LogP contribution in [0.2, 0.25) is 0 Å². The normalized spacial score (nSPS) is 17.5. The molecule has 0 aliphatic carbocycles. The molecular weight excluding hydrogens is 244 g/mol. The zero-order valence-electron chi connectivity index (χ0n) is 9.12. The second-order valence-electron chi connectivity index (χ2n) is 3.48. The van der Waals surface area contributed by atoms with E-state index in [-0.39, 0.29) is 12.4 Å². The minimum atomic E-state index is -3.64. The quantitative estimate of drug-likeness (QED) is 0.834. The molecule has 0 spiro atoms. The third-order valence-corrected chi connectivity index (χ3v) is 3.68. The second kappa shape index (κ2) is 4.17. The summed E-state index contributed by atoms with van der Waals surface area (Å²) in [6.45, 7) is 0.0711. The van der Waals surface area contributed by atoms with Gasteiger partial charge in [0.05, 0.1) is 19.9 Å². The fourth-order valence-electron chi connectivity index (χ4n) is 1.45. The molecule has 1 heterocycles. The highest BCUT2D eigenvalue weighted by molar-refractivity contribution is 7.87. The third kappa shape index (κ3) is 2.28. The number of hydrogen-bond acceptors (Lipinski definition) is 4. The fraction of sp³-hybridized carbons (Fsp3) is 0.200. The van der Waals surface area contributed by atoms with Crippen molar-refractivity contribution >= 4 is 10.2 Å². The standard InChI is InChI=1S/C10H12N2O4S/c1-16-9-4-2-8(3-5-9)7-12-10(13)6-11-17(12,14)15/h2-6,11,13H,7H2,1H3. The highest BCUT2D eigenvalue weighted by atomic mass is 32.2. The first-order valence-electron chi connectivity index (χ1n) is 4.85. The molecule has 92 valence electrons. The van der Waals surface area contributed by atoms with Gasteiger partial charge in [0.1, 0.15) is 5.75 Å². The smallest absolute Gasteiger partial charge is 0.326 e. The number of methoxy groups -OCH3 is 1. The predicted octanol–water partition coefficient (Wildman–Crippen LogP) is 0.702. The lowest BCUT2D eigenvalue weighted by Gasteiger charge is -2.16. The molecule has 1 aliphatic heterocycles. The molecule has 1 aromatic rings. The average molecular weight is 256 g/mol. The van der Waals surface area contributed by atoms with Crippen molar-refractivity contribution in [1.29, 1.82) is 0 Å². The van der Waals surface area contributed by atoms with E-state index in [4.69, 9.17) is 4.74 Å². The van der Waals surface area contributed by atoms with Crippen LogP contribution in [0, 0.1) is 0 Å². The van der Waals surface area contributed by atoms with Crippen molar-refractivity contribution in [2.45, 2.75) is 6.54 Å². The van der Waals surface area contributed by atoms with Crippen LogP contribution in [-0.4, -0.2) is 24.9 Å². The number of aliphatic hydroxyl groups is 1. The monoisotopic (exact) mass is 256 g/mol. The van der Waals surface area contributed by atoms with E-state index in [0.29, 0.717) is 5.75 Å². The van der Waals surface area contributed by atoms with Gasteiger partial charge >= 0.3 is 10.2 Å². The van der Waals surface area contributed by atoms with Gasteiger partial charge in [0, 0.05) is 0 Å². The van der Waals surface area contributed by atoms with Crippen LogP contribution in [0.4, 0.5) is 0 Å². The molecule has 2 N–H and O–H groups in total. The van der Waals surface area contributed by atoms with Gasteiger partial charge in [-0.2, -0.15) is 8.42 Å². The summed E-state index contributed by atoms with van der Waals surface area (Å²) in [7, 11) is -2.09. The maximum Gasteiger partial charge on any atom is 0.326 e. The first-order chi connectivity index (χ1) is 8.03. The van der Waals surface area contributed by atoms with Crippen LogP contribution >= 0.6 is 0 Å². The van der Waals surface area contributed by atoms with Crippen LogP contribution in [0.5, 0.6) is 5.75 Å². The van der Waals surface area contributed by atoms with Gasteiger partial charge in [-0.05, 0) is 17.7 Å². The summed E-state index contributed by atoms with van der Waals surface area (Å²) in [5.74, 6) is 0.372. The van der Waals surface area contributed by atoms with Crippen molar-refractivity contribution in [3.05, 3.63) is 41.9 Å². The predicted molar refractivity (Wildman–Crippen MR) is 61.3 cm³/mol. The van der Waals surface area contributed by atoms with E-state index in [1.807, 2.05) is 0 Å². The van der Waals surface area contributed by atoms with E-state index in [9.17, 15) is 13.5 Å². The SMILES string of the molecule is COc1ccc(CN2C(O)=CNS2(=O)=O)cc1. The van der Waals surface area contributed by atoms with E-state index in [1.165, 1.54) is 0 Å². The largest absolute Gasteiger partial charge is 0.497 e. The molecule has 0 bridgehead atoms. The highest BCUT2D eigenvalue weighted by Gasteiger charge is 2.29. The van der Waals surface area contributed by atoms with Crippen molar-refractivity contribution in [2.24, 2.45) is 0 Å². The molecular formula is C10H12N2O4S. The van der Waals surface area contributed by atoms with Gasteiger partial charge in [-0.3, -0.25) is 4.72 Å². The lowest BCUT2D eigenvalue weighted by molar-refractivity contribution is 0.284. The Morgan fingerprint density at radius 2 is 2.00 bits per heavy atom. The Morgan fingerprint density at radius 1 is 1.35 bits per heavy atom. The number of nitrogens with one attached hydrogen (secondary N) is 1. The molecule has 0 aromatic heterocycles. The maximum absolute atomic E-state index is 11.5. The molecule has 0 saturated carbocycles. The molecule has 7 heteroatoms. The number of benzene rings is 1. The number of hydrogen-bond donors (Lipinski definition) is 2. The van der Waals surface area contributed by atoms with Crippen molar-refractivity contribution in [2.75, 3.05) is 7.11 Å². The lowest BCUT2D eigenvalue weighted by atomic mass is 10.2. The summed E-state index contributed by atoms with van der Waals surface area (Å²) in [6, 6.07) is 6.93. The summed E-state index contributed by atoms with van der Waals surface area (Å²) in [6.07, 6.45) is 1.04. The topological polar surface area (TPSA) is 78.9 Å². The molecule has 0 amide bonds. The zero-order chi connectivity index (χ0) is 12.5. The first kappa shape index (κ1) is 11.6. The molecule has 1 aliphatic rings. The Kier molecular flexibility index (Phi) is 2.84. The Hall–Kier alpha value is -1.89. The molecule has 6 nitrogen and oxygen atoms in total. The van der Waals surface area contributed by atoms with Gasteiger partial charge in [0.15, 0.2) is 0 Å². The average Bonchev–Trinajstić information content (AvgIpc) is 2.57. The Labute approximate surface area is 99.3 Å². The number of nitrogens with zero attached hydrogens (tertiary/aromatic N) is 1. The Bertz CT molecular complexity index is 536. The van der Waals surface area contributed by atoms with Crippen LogP contribution in [0.3, 0.4) is 0 Å². The summed E-state index contributed by atoms with van der Waals surface area (Å²) in [5.41, 5.74) is 0.748. The van der Waals surface area contributed by atoms with E-state index in [2.05, 4.69) is 4.72 Å². The molecule has 0 fully saturated rings. The van der Waals surface area contributed by atoms with Gasteiger partial charge in [-0.25, -0.2) is 4.31 Å². The first-order valence-corrected chi connectivity index (χ1v) is 6.29. The van der Waals surface area contributed by atoms with Crippen molar-refractivity contribution in [3.8, 4) is 5.75 Å². The Morgan fingerprint density at radius 3 is 2.47 bits per heavy atom. The summed E-state index contributed by atoms with van der Waals surface area (Å²) < 4.78 is 30.9. The van der Waals surface area contributed by atoms with Gasteiger partial charge in [-0.1, -0.05) is 12.1 Å². The fourth-order valence-corrected chi connectivity index (χ4v) is 2.45.